The van der Waals surface area contributed by atoms with Crippen molar-refractivity contribution in [3.63, 3.8) is 0 Å². The lowest BCUT2D eigenvalue weighted by Crippen LogP contribution is -2.50. The second-order valence-electron chi connectivity index (χ2n) is 5.91. The molecule has 0 aliphatic heterocycles. The lowest BCUT2D eigenvalue weighted by molar-refractivity contribution is 0.123. The highest BCUT2D eigenvalue weighted by Crippen LogP contribution is 2.43. The Balaban J connectivity index is 2.34. The first-order valence-corrected chi connectivity index (χ1v) is 7.09. The highest BCUT2D eigenvalue weighted by atomic mass is 16.5. The third-order valence-electron chi connectivity index (χ3n) is 4.75. The lowest BCUT2D eigenvalue weighted by Gasteiger charge is -2.42. The van der Waals surface area contributed by atoms with E-state index in [9.17, 15) is 0 Å². The molecule has 0 aromatic heterocycles. The van der Waals surface area contributed by atoms with Crippen molar-refractivity contribution in [2.75, 3.05) is 21.2 Å². The standard InChI is InChI=1S/C16H26N2O/c1-12-11-13(19-4)7-8-14(12)15(17)16(18(2)3)9-5-6-10-16/h7-8,11,15H,5-6,9-10,17H2,1-4H3. The van der Waals surface area contributed by atoms with Crippen molar-refractivity contribution in [3.8, 4) is 5.75 Å². The Hall–Kier alpha value is -1.06. The van der Waals surface area contributed by atoms with E-state index >= 15 is 0 Å². The van der Waals surface area contributed by atoms with Crippen LogP contribution in [0.3, 0.4) is 0 Å². The van der Waals surface area contributed by atoms with Gasteiger partial charge in [-0.1, -0.05) is 18.9 Å². The zero-order valence-electron chi connectivity index (χ0n) is 12.6. The SMILES string of the molecule is COc1ccc(C(N)C2(N(C)C)CCCC2)c(C)c1. The highest BCUT2D eigenvalue weighted by molar-refractivity contribution is 5.38. The minimum absolute atomic E-state index is 0.0657. The molecule has 0 bridgehead atoms. The van der Waals surface area contributed by atoms with Gasteiger partial charge in [-0.3, -0.25) is 0 Å². The first-order valence-electron chi connectivity index (χ1n) is 7.09. The van der Waals surface area contributed by atoms with Crippen molar-refractivity contribution < 1.29 is 4.74 Å². The van der Waals surface area contributed by atoms with Crippen molar-refractivity contribution in [2.45, 2.75) is 44.2 Å². The molecule has 1 atom stereocenters. The maximum absolute atomic E-state index is 6.65. The fourth-order valence-electron chi connectivity index (χ4n) is 3.44. The van der Waals surface area contributed by atoms with Gasteiger partial charge in [0, 0.05) is 11.6 Å². The first-order chi connectivity index (χ1) is 9.01. The van der Waals surface area contributed by atoms with Gasteiger partial charge < -0.3 is 15.4 Å². The van der Waals surface area contributed by atoms with Gasteiger partial charge in [-0.25, -0.2) is 0 Å². The van der Waals surface area contributed by atoms with Gasteiger partial charge in [0.05, 0.1) is 7.11 Å². The van der Waals surface area contributed by atoms with Crippen molar-refractivity contribution >= 4 is 0 Å². The number of nitrogens with zero attached hydrogens (tertiary/aromatic N) is 1. The minimum atomic E-state index is 0.0657. The van der Waals surface area contributed by atoms with E-state index < -0.39 is 0 Å². The van der Waals surface area contributed by atoms with Gasteiger partial charge in [0.1, 0.15) is 5.75 Å². The van der Waals surface area contributed by atoms with Crippen LogP contribution in [-0.4, -0.2) is 31.6 Å². The number of likely N-dealkylation sites (N-methyl/N-ethyl adjacent to an activating group) is 1. The molecule has 1 aromatic carbocycles. The van der Waals surface area contributed by atoms with E-state index in [0.29, 0.717) is 0 Å². The van der Waals surface area contributed by atoms with Crippen LogP contribution in [0.25, 0.3) is 0 Å². The average molecular weight is 262 g/mol. The summed E-state index contributed by atoms with van der Waals surface area (Å²) in [7, 11) is 6.01. The van der Waals surface area contributed by atoms with Crippen molar-refractivity contribution in [1.82, 2.24) is 4.90 Å². The molecule has 0 saturated heterocycles. The minimum Gasteiger partial charge on any atom is -0.497 e. The van der Waals surface area contributed by atoms with Crippen LogP contribution < -0.4 is 10.5 Å². The van der Waals surface area contributed by atoms with Gasteiger partial charge in [-0.2, -0.15) is 0 Å². The van der Waals surface area contributed by atoms with Gasteiger partial charge in [0.15, 0.2) is 0 Å². The molecule has 1 saturated carbocycles. The van der Waals surface area contributed by atoms with Crippen LogP contribution in [0.1, 0.15) is 42.9 Å². The Morgan fingerprint density at radius 3 is 2.37 bits per heavy atom. The number of rotatable bonds is 4. The summed E-state index contributed by atoms with van der Waals surface area (Å²) in [6.07, 6.45) is 4.93. The summed E-state index contributed by atoms with van der Waals surface area (Å²) in [5.41, 5.74) is 9.23. The van der Waals surface area contributed by atoms with E-state index in [4.69, 9.17) is 10.5 Å². The average Bonchev–Trinajstić information content (AvgIpc) is 2.88. The summed E-state index contributed by atoms with van der Waals surface area (Å²) < 4.78 is 5.28. The molecule has 1 aromatic rings. The van der Waals surface area contributed by atoms with Crippen LogP contribution in [-0.2, 0) is 0 Å². The van der Waals surface area contributed by atoms with E-state index in [-0.39, 0.29) is 11.6 Å². The monoisotopic (exact) mass is 262 g/mol. The molecular formula is C16H26N2O. The molecule has 1 fully saturated rings. The molecule has 3 heteroatoms. The number of nitrogens with two attached hydrogens (primary N) is 1. The Morgan fingerprint density at radius 2 is 1.89 bits per heavy atom. The van der Waals surface area contributed by atoms with Crippen molar-refractivity contribution in [1.29, 1.82) is 0 Å². The zero-order chi connectivity index (χ0) is 14.0. The molecule has 106 valence electrons. The molecular weight excluding hydrogens is 236 g/mol. The molecule has 0 amide bonds. The Morgan fingerprint density at radius 1 is 1.26 bits per heavy atom. The Labute approximate surface area is 116 Å². The van der Waals surface area contributed by atoms with Gasteiger partial charge in [0.25, 0.3) is 0 Å². The molecule has 1 unspecified atom stereocenters. The summed E-state index contributed by atoms with van der Waals surface area (Å²) in [5, 5.41) is 0. The second-order valence-corrected chi connectivity index (χ2v) is 5.91. The molecule has 19 heavy (non-hydrogen) atoms. The van der Waals surface area contributed by atoms with E-state index in [1.807, 2.05) is 6.07 Å². The van der Waals surface area contributed by atoms with Gasteiger partial charge >= 0.3 is 0 Å². The molecule has 1 aliphatic rings. The summed E-state index contributed by atoms with van der Waals surface area (Å²) >= 11 is 0. The Bertz CT molecular complexity index is 436. The Kier molecular flexibility index (Phi) is 4.16. The third-order valence-corrected chi connectivity index (χ3v) is 4.75. The lowest BCUT2D eigenvalue weighted by atomic mass is 9.81. The van der Waals surface area contributed by atoms with E-state index in [0.717, 1.165) is 5.75 Å². The number of benzene rings is 1. The maximum atomic E-state index is 6.65. The number of aryl methyl sites for hydroxylation is 1. The number of hydrogen-bond donors (Lipinski definition) is 1. The third kappa shape index (κ3) is 2.49. The van der Waals surface area contributed by atoms with E-state index in [1.54, 1.807) is 7.11 Å². The van der Waals surface area contributed by atoms with Crippen molar-refractivity contribution in [2.24, 2.45) is 5.73 Å². The van der Waals surface area contributed by atoms with Gasteiger partial charge in [0.2, 0.25) is 0 Å². The molecule has 1 aliphatic carbocycles. The van der Waals surface area contributed by atoms with Crippen LogP contribution in [0.5, 0.6) is 5.75 Å². The zero-order valence-corrected chi connectivity index (χ0v) is 12.6. The fourth-order valence-corrected chi connectivity index (χ4v) is 3.44. The fraction of sp³-hybridized carbons (Fsp3) is 0.625. The quantitative estimate of drug-likeness (QED) is 0.906. The van der Waals surface area contributed by atoms with Crippen LogP contribution in [0.4, 0.5) is 0 Å². The number of hydrogen-bond acceptors (Lipinski definition) is 3. The van der Waals surface area contributed by atoms with Crippen LogP contribution in [0.15, 0.2) is 18.2 Å². The number of methoxy groups -OCH3 is 1. The molecule has 0 radical (unpaired) electrons. The number of ether oxygens (including phenoxy) is 1. The summed E-state index contributed by atoms with van der Waals surface area (Å²) in [6.45, 7) is 2.12. The van der Waals surface area contributed by atoms with Gasteiger partial charge in [-0.05, 0) is 57.1 Å². The second kappa shape index (κ2) is 5.51. The summed E-state index contributed by atoms with van der Waals surface area (Å²) in [5.74, 6) is 0.902. The highest BCUT2D eigenvalue weighted by Gasteiger charge is 2.42. The smallest absolute Gasteiger partial charge is 0.119 e. The van der Waals surface area contributed by atoms with Crippen LogP contribution >= 0.6 is 0 Å². The van der Waals surface area contributed by atoms with Crippen LogP contribution in [0.2, 0.25) is 0 Å². The van der Waals surface area contributed by atoms with Gasteiger partial charge in [-0.15, -0.1) is 0 Å². The normalized spacial score (nSPS) is 19.7. The molecule has 3 nitrogen and oxygen atoms in total. The molecule has 0 spiro atoms. The topological polar surface area (TPSA) is 38.5 Å². The van der Waals surface area contributed by atoms with E-state index in [1.165, 1.54) is 36.8 Å². The molecule has 0 heterocycles. The van der Waals surface area contributed by atoms with Crippen LogP contribution in [0, 0.1) is 6.92 Å². The molecule has 2 N–H and O–H groups in total. The van der Waals surface area contributed by atoms with E-state index in [2.05, 4.69) is 38.1 Å². The largest absolute Gasteiger partial charge is 0.497 e. The summed E-state index contributed by atoms with van der Waals surface area (Å²) in [4.78, 5) is 2.33. The predicted octanol–water partition coefficient (Wildman–Crippen LogP) is 2.88. The molecule has 2 rings (SSSR count). The first kappa shape index (κ1) is 14.4. The maximum Gasteiger partial charge on any atom is 0.119 e. The van der Waals surface area contributed by atoms with Crippen molar-refractivity contribution in [3.05, 3.63) is 29.3 Å². The summed E-state index contributed by atoms with van der Waals surface area (Å²) in [6, 6.07) is 6.28. The predicted molar refractivity (Wildman–Crippen MR) is 79.5 cm³/mol.